The molecule has 0 aliphatic carbocycles. The fourth-order valence-electron chi connectivity index (χ4n) is 1.59. The molecule has 1 unspecified atom stereocenters. The van der Waals surface area contributed by atoms with E-state index in [0.29, 0.717) is 12.6 Å². The number of hydrogen-bond donors (Lipinski definition) is 2. The summed E-state index contributed by atoms with van der Waals surface area (Å²) in [5, 5.41) is 2.90. The molecule has 1 atom stereocenters. The molecule has 0 aliphatic heterocycles. The van der Waals surface area contributed by atoms with Gasteiger partial charge in [0.2, 0.25) is 5.91 Å². The number of nitrogens with two attached hydrogens (primary N) is 1. The molecular weight excluding hydrogens is 190 g/mol. The highest BCUT2D eigenvalue weighted by atomic mass is 16.2. The van der Waals surface area contributed by atoms with Crippen molar-refractivity contribution in [3.8, 4) is 0 Å². The van der Waals surface area contributed by atoms with Crippen molar-refractivity contribution < 1.29 is 4.79 Å². The number of carbonyl (C=O) groups is 1. The summed E-state index contributed by atoms with van der Waals surface area (Å²) >= 11 is 0. The van der Waals surface area contributed by atoms with Crippen molar-refractivity contribution in [2.45, 2.75) is 46.2 Å². The summed E-state index contributed by atoms with van der Waals surface area (Å²) in [7, 11) is 0. The minimum absolute atomic E-state index is 0.0963. The van der Waals surface area contributed by atoms with E-state index in [0.717, 1.165) is 19.5 Å². The Balaban J connectivity index is 4.22. The van der Waals surface area contributed by atoms with Gasteiger partial charge in [0, 0.05) is 25.7 Å². The van der Waals surface area contributed by atoms with Crippen LogP contribution in [0.1, 0.15) is 34.1 Å². The normalized spacial score (nSPS) is 13.3. The van der Waals surface area contributed by atoms with Crippen LogP contribution in [0.4, 0.5) is 0 Å². The maximum atomic E-state index is 11.7. The summed E-state index contributed by atoms with van der Waals surface area (Å²) in [4.78, 5) is 13.8. The Kier molecular flexibility index (Phi) is 7.34. The zero-order valence-electron chi connectivity index (χ0n) is 10.4. The molecule has 1 amide bonds. The van der Waals surface area contributed by atoms with Crippen LogP contribution in [-0.2, 0) is 4.79 Å². The second-order valence-corrected chi connectivity index (χ2v) is 4.09. The Morgan fingerprint density at radius 3 is 2.40 bits per heavy atom. The first-order valence-corrected chi connectivity index (χ1v) is 5.78. The van der Waals surface area contributed by atoms with Crippen LogP contribution >= 0.6 is 0 Å². The van der Waals surface area contributed by atoms with Crippen LogP contribution in [0.5, 0.6) is 0 Å². The van der Waals surface area contributed by atoms with Crippen LogP contribution in [0.25, 0.3) is 0 Å². The number of carbonyl (C=O) groups excluding carboxylic acids is 1. The van der Waals surface area contributed by atoms with Gasteiger partial charge in [0.25, 0.3) is 0 Å². The second-order valence-electron chi connectivity index (χ2n) is 4.09. The van der Waals surface area contributed by atoms with Crippen LogP contribution in [0, 0.1) is 0 Å². The smallest absolute Gasteiger partial charge is 0.237 e. The first kappa shape index (κ1) is 14.4. The Morgan fingerprint density at radius 1 is 1.40 bits per heavy atom. The first-order chi connectivity index (χ1) is 7.04. The van der Waals surface area contributed by atoms with Crippen molar-refractivity contribution in [2.24, 2.45) is 5.73 Å². The van der Waals surface area contributed by atoms with Gasteiger partial charge in [-0.05, 0) is 27.2 Å². The van der Waals surface area contributed by atoms with Gasteiger partial charge >= 0.3 is 0 Å². The summed E-state index contributed by atoms with van der Waals surface area (Å²) in [6.45, 7) is 10.2. The lowest BCUT2D eigenvalue weighted by atomic mass is 10.2. The Morgan fingerprint density at radius 2 is 2.00 bits per heavy atom. The van der Waals surface area contributed by atoms with E-state index >= 15 is 0 Å². The fraction of sp³-hybridized carbons (Fsp3) is 0.909. The lowest BCUT2D eigenvalue weighted by molar-refractivity contribution is -0.126. The molecule has 0 bridgehead atoms. The average molecular weight is 215 g/mol. The van der Waals surface area contributed by atoms with Crippen molar-refractivity contribution in [1.82, 2.24) is 10.2 Å². The summed E-state index contributed by atoms with van der Waals surface area (Å²) in [6.07, 6.45) is 0.969. The van der Waals surface area contributed by atoms with E-state index in [4.69, 9.17) is 5.73 Å². The highest BCUT2D eigenvalue weighted by Crippen LogP contribution is 2.04. The standard InChI is InChI=1S/C11H25N3O/c1-5-7-13-11(15)10(4)14(8-6-12)9(2)3/h9-10H,5-8,12H2,1-4H3,(H,13,15). The third-order valence-corrected chi connectivity index (χ3v) is 2.48. The zero-order chi connectivity index (χ0) is 11.8. The van der Waals surface area contributed by atoms with E-state index in [2.05, 4.69) is 24.1 Å². The van der Waals surface area contributed by atoms with Gasteiger partial charge in [-0.1, -0.05) is 6.92 Å². The molecule has 0 aromatic heterocycles. The van der Waals surface area contributed by atoms with Crippen LogP contribution in [0.2, 0.25) is 0 Å². The molecule has 4 heteroatoms. The maximum Gasteiger partial charge on any atom is 0.237 e. The van der Waals surface area contributed by atoms with Gasteiger partial charge in [-0.3, -0.25) is 9.69 Å². The average Bonchev–Trinajstić information content (AvgIpc) is 2.21. The number of hydrogen-bond acceptors (Lipinski definition) is 3. The molecule has 0 radical (unpaired) electrons. The highest BCUT2D eigenvalue weighted by Gasteiger charge is 2.22. The highest BCUT2D eigenvalue weighted by molar-refractivity contribution is 5.81. The Hall–Kier alpha value is -0.610. The molecule has 0 fully saturated rings. The lowest BCUT2D eigenvalue weighted by Gasteiger charge is -2.31. The minimum atomic E-state index is -0.0971. The van der Waals surface area contributed by atoms with Gasteiger partial charge in [-0.2, -0.15) is 0 Å². The predicted molar refractivity (Wildman–Crippen MR) is 63.7 cm³/mol. The third kappa shape index (κ3) is 5.14. The van der Waals surface area contributed by atoms with Crippen molar-refractivity contribution in [1.29, 1.82) is 0 Å². The molecule has 90 valence electrons. The van der Waals surface area contributed by atoms with Gasteiger partial charge in [0.05, 0.1) is 6.04 Å². The van der Waals surface area contributed by atoms with Gasteiger partial charge in [-0.25, -0.2) is 0 Å². The van der Waals surface area contributed by atoms with Crippen molar-refractivity contribution in [2.75, 3.05) is 19.6 Å². The molecule has 0 aliphatic rings. The Labute approximate surface area is 93.2 Å². The zero-order valence-corrected chi connectivity index (χ0v) is 10.4. The summed E-state index contributed by atoms with van der Waals surface area (Å²) < 4.78 is 0. The quantitative estimate of drug-likeness (QED) is 0.653. The molecule has 0 heterocycles. The van der Waals surface area contributed by atoms with E-state index in [1.54, 1.807) is 0 Å². The molecule has 0 saturated carbocycles. The summed E-state index contributed by atoms with van der Waals surface area (Å²) in [6, 6.07) is 0.246. The maximum absolute atomic E-state index is 11.7. The van der Waals surface area contributed by atoms with E-state index in [9.17, 15) is 4.79 Å². The summed E-state index contributed by atoms with van der Waals surface area (Å²) in [5.74, 6) is 0.0963. The van der Waals surface area contributed by atoms with Gasteiger partial charge in [0.15, 0.2) is 0 Å². The van der Waals surface area contributed by atoms with Gasteiger partial charge in [0.1, 0.15) is 0 Å². The SMILES string of the molecule is CCCNC(=O)C(C)N(CCN)C(C)C. The number of nitrogens with one attached hydrogen (secondary N) is 1. The number of amides is 1. The van der Waals surface area contributed by atoms with Crippen LogP contribution < -0.4 is 11.1 Å². The van der Waals surface area contributed by atoms with Crippen LogP contribution in [0.3, 0.4) is 0 Å². The van der Waals surface area contributed by atoms with Gasteiger partial charge in [-0.15, -0.1) is 0 Å². The molecule has 15 heavy (non-hydrogen) atoms. The predicted octanol–water partition coefficient (Wildman–Crippen LogP) is 0.570. The van der Waals surface area contributed by atoms with Crippen LogP contribution in [0.15, 0.2) is 0 Å². The van der Waals surface area contributed by atoms with Crippen LogP contribution in [-0.4, -0.2) is 42.5 Å². The Bertz CT molecular complexity index is 183. The topological polar surface area (TPSA) is 58.4 Å². The van der Waals surface area contributed by atoms with Crippen molar-refractivity contribution in [3.63, 3.8) is 0 Å². The number of rotatable bonds is 7. The minimum Gasteiger partial charge on any atom is -0.355 e. The summed E-state index contributed by atoms with van der Waals surface area (Å²) in [5.41, 5.74) is 5.53. The van der Waals surface area contributed by atoms with E-state index in [1.165, 1.54) is 0 Å². The fourth-order valence-corrected chi connectivity index (χ4v) is 1.59. The van der Waals surface area contributed by atoms with Crippen molar-refractivity contribution in [3.05, 3.63) is 0 Å². The van der Waals surface area contributed by atoms with E-state index in [1.807, 2.05) is 13.8 Å². The van der Waals surface area contributed by atoms with Gasteiger partial charge < -0.3 is 11.1 Å². The molecule has 0 spiro atoms. The van der Waals surface area contributed by atoms with E-state index < -0.39 is 0 Å². The molecule has 3 N–H and O–H groups in total. The molecule has 0 saturated heterocycles. The second kappa shape index (κ2) is 7.65. The molecule has 0 aromatic carbocycles. The molecule has 0 rings (SSSR count). The third-order valence-electron chi connectivity index (χ3n) is 2.48. The molecular formula is C11H25N3O. The monoisotopic (exact) mass is 215 g/mol. The largest absolute Gasteiger partial charge is 0.355 e. The molecule has 0 aromatic rings. The van der Waals surface area contributed by atoms with E-state index in [-0.39, 0.29) is 11.9 Å². The molecule has 4 nitrogen and oxygen atoms in total. The van der Waals surface area contributed by atoms with Crippen molar-refractivity contribution >= 4 is 5.91 Å². The number of nitrogens with zero attached hydrogens (tertiary/aromatic N) is 1. The lowest BCUT2D eigenvalue weighted by Crippen LogP contribution is -2.49. The first-order valence-electron chi connectivity index (χ1n) is 5.78.